The highest BCUT2D eigenvalue weighted by Crippen LogP contribution is 2.39. The summed E-state index contributed by atoms with van der Waals surface area (Å²) in [5.74, 6) is 1.57. The summed E-state index contributed by atoms with van der Waals surface area (Å²) < 4.78 is 17.6. The van der Waals surface area contributed by atoms with Crippen LogP contribution in [-0.2, 0) is 0 Å². The maximum absolute atomic E-state index is 6.59. The molecule has 0 aliphatic heterocycles. The summed E-state index contributed by atoms with van der Waals surface area (Å²) in [5, 5.41) is 8.84. The molecule has 0 aliphatic carbocycles. The highest BCUT2D eigenvalue weighted by atomic mass is 16.3. The molecular weight excluding hydrogens is 715 g/mol. The predicted molar refractivity (Wildman–Crippen MR) is 234 cm³/mol. The van der Waals surface area contributed by atoms with Crippen LogP contribution < -0.4 is 0 Å². The van der Waals surface area contributed by atoms with Gasteiger partial charge < -0.3 is 13.4 Å². The highest BCUT2D eigenvalue weighted by molar-refractivity contribution is 6.12. The molecule has 0 N–H and O–H groups in total. The van der Waals surface area contributed by atoms with Crippen LogP contribution in [0.4, 0.5) is 0 Å². The van der Waals surface area contributed by atoms with Gasteiger partial charge in [-0.3, -0.25) is 4.57 Å². The van der Waals surface area contributed by atoms with E-state index in [1.807, 2.05) is 36.4 Å². The number of aromatic nitrogens is 5. The maximum atomic E-state index is 6.59. The fourth-order valence-corrected chi connectivity index (χ4v) is 9.02. The molecule has 0 fully saturated rings. The molecular formula is C51H29N5O2. The lowest BCUT2D eigenvalue weighted by Gasteiger charge is -2.11. The van der Waals surface area contributed by atoms with Crippen LogP contribution >= 0.6 is 0 Å². The fourth-order valence-electron chi connectivity index (χ4n) is 9.02. The molecule has 0 radical (unpaired) electrons. The monoisotopic (exact) mass is 743 g/mol. The second-order valence-corrected chi connectivity index (χ2v) is 14.8. The van der Waals surface area contributed by atoms with Crippen LogP contribution in [0, 0.1) is 0 Å². The number of fused-ring (bicyclic) bond motifs is 12. The molecule has 0 bridgehead atoms. The highest BCUT2D eigenvalue weighted by Gasteiger charge is 2.21. The van der Waals surface area contributed by atoms with Crippen molar-refractivity contribution in [3.63, 3.8) is 0 Å². The van der Waals surface area contributed by atoms with Crippen molar-refractivity contribution in [2.24, 2.45) is 0 Å². The van der Waals surface area contributed by atoms with Gasteiger partial charge in [-0.05, 0) is 66.7 Å². The summed E-state index contributed by atoms with van der Waals surface area (Å²) in [4.78, 5) is 15.6. The van der Waals surface area contributed by atoms with Gasteiger partial charge in [0.2, 0.25) is 5.95 Å². The Morgan fingerprint density at radius 3 is 1.59 bits per heavy atom. The second kappa shape index (κ2) is 11.7. The topological polar surface area (TPSA) is 74.8 Å². The van der Waals surface area contributed by atoms with Crippen molar-refractivity contribution in [3.05, 3.63) is 176 Å². The summed E-state index contributed by atoms with van der Waals surface area (Å²) >= 11 is 0. The first-order valence-electron chi connectivity index (χ1n) is 19.4. The minimum absolute atomic E-state index is 0.519. The lowest BCUT2D eigenvalue weighted by Crippen LogP contribution is -2.06. The molecule has 5 heterocycles. The summed E-state index contributed by atoms with van der Waals surface area (Å²) in [6.45, 7) is 0. The summed E-state index contributed by atoms with van der Waals surface area (Å²) in [6, 6.07) is 60.9. The van der Waals surface area contributed by atoms with E-state index in [1.54, 1.807) is 0 Å². The van der Waals surface area contributed by atoms with Crippen LogP contribution in [0.1, 0.15) is 0 Å². The summed E-state index contributed by atoms with van der Waals surface area (Å²) in [6.07, 6.45) is 0. The molecule has 0 aliphatic rings. The van der Waals surface area contributed by atoms with Crippen LogP contribution in [0.25, 0.3) is 122 Å². The van der Waals surface area contributed by atoms with Crippen LogP contribution in [0.15, 0.2) is 185 Å². The zero-order valence-electron chi connectivity index (χ0n) is 30.8. The van der Waals surface area contributed by atoms with Crippen LogP contribution in [-0.4, -0.2) is 24.1 Å². The quantitative estimate of drug-likeness (QED) is 0.179. The van der Waals surface area contributed by atoms with Crippen molar-refractivity contribution in [1.82, 2.24) is 24.1 Å². The molecule has 13 aromatic rings. The first kappa shape index (κ1) is 31.2. The first-order valence-corrected chi connectivity index (χ1v) is 19.4. The smallest absolute Gasteiger partial charge is 0.238 e. The van der Waals surface area contributed by atoms with Crippen molar-refractivity contribution in [3.8, 4) is 34.4 Å². The normalized spacial score (nSPS) is 12.1. The average Bonchev–Trinajstić information content (AvgIpc) is 4.03. The number of hydrogen-bond acceptors (Lipinski definition) is 5. The third-order valence-electron chi connectivity index (χ3n) is 11.6. The molecule has 0 saturated carbocycles. The first-order chi connectivity index (χ1) is 28.7. The summed E-state index contributed by atoms with van der Waals surface area (Å²) in [7, 11) is 0. The SMILES string of the molecule is c1ccc2c(c1)oc1c(-c3nc(-c4ccc5c(c4)oc4ccc(-n6c7ccccc7c7ccccc76)cc45)nc(-n4c5ccccc5c5ccccc54)n3)cccc12. The molecule has 5 aromatic heterocycles. The van der Waals surface area contributed by atoms with E-state index in [4.69, 9.17) is 23.8 Å². The van der Waals surface area contributed by atoms with Gasteiger partial charge in [-0.2, -0.15) is 9.97 Å². The standard InChI is InChI=1S/C51H29N5O2/c1-6-19-41-32(12-1)33-13-2-7-20-42(33)55(41)31-25-27-46-40(29-31)37-26-24-30(28-47(37)57-46)49-52-50(39-18-11-17-38-36-16-5-10-23-45(36)58-48(38)39)54-51(53-49)56-43-21-8-3-14-34(43)35-15-4-9-22-44(35)56/h1-29H. The Kier molecular flexibility index (Phi) is 6.32. The number of furan rings is 2. The van der Waals surface area contributed by atoms with E-state index in [9.17, 15) is 0 Å². The Morgan fingerprint density at radius 1 is 0.345 bits per heavy atom. The molecule has 0 spiro atoms. The molecule has 8 aromatic carbocycles. The molecule has 7 nitrogen and oxygen atoms in total. The zero-order valence-corrected chi connectivity index (χ0v) is 30.8. The molecule has 58 heavy (non-hydrogen) atoms. The van der Waals surface area contributed by atoms with Crippen molar-refractivity contribution in [2.45, 2.75) is 0 Å². The molecule has 0 saturated heterocycles. The number of benzene rings is 8. The molecule has 0 amide bonds. The van der Waals surface area contributed by atoms with Gasteiger partial charge in [0.05, 0.1) is 27.6 Å². The van der Waals surface area contributed by atoms with Gasteiger partial charge in [-0.1, -0.05) is 109 Å². The van der Waals surface area contributed by atoms with Crippen LogP contribution in [0.2, 0.25) is 0 Å². The van der Waals surface area contributed by atoms with Gasteiger partial charge in [0, 0.05) is 54.3 Å². The molecule has 0 atom stereocenters. The van der Waals surface area contributed by atoms with Gasteiger partial charge in [-0.25, -0.2) is 4.98 Å². The van der Waals surface area contributed by atoms with Crippen molar-refractivity contribution < 1.29 is 8.83 Å². The largest absolute Gasteiger partial charge is 0.456 e. The molecule has 270 valence electrons. The van der Waals surface area contributed by atoms with Crippen molar-refractivity contribution in [1.29, 1.82) is 0 Å². The number of rotatable bonds is 4. The van der Waals surface area contributed by atoms with Gasteiger partial charge >= 0.3 is 0 Å². The van der Waals surface area contributed by atoms with E-state index < -0.39 is 0 Å². The van der Waals surface area contributed by atoms with Crippen molar-refractivity contribution >= 4 is 87.5 Å². The van der Waals surface area contributed by atoms with E-state index in [-0.39, 0.29) is 0 Å². The van der Waals surface area contributed by atoms with E-state index in [0.29, 0.717) is 17.6 Å². The van der Waals surface area contributed by atoms with Crippen LogP contribution in [0.5, 0.6) is 0 Å². The van der Waals surface area contributed by atoms with Crippen LogP contribution in [0.3, 0.4) is 0 Å². The Hall–Kier alpha value is -8.03. The molecule has 0 unspecified atom stereocenters. The number of hydrogen-bond donors (Lipinski definition) is 0. The third kappa shape index (κ3) is 4.41. The number of nitrogens with zero attached hydrogens (tertiary/aromatic N) is 5. The molecule has 13 rings (SSSR count). The lowest BCUT2D eigenvalue weighted by atomic mass is 10.1. The maximum Gasteiger partial charge on any atom is 0.238 e. The summed E-state index contributed by atoms with van der Waals surface area (Å²) in [5.41, 5.74) is 10.2. The Labute approximate surface area is 329 Å². The second-order valence-electron chi connectivity index (χ2n) is 14.8. The van der Waals surface area contributed by atoms with E-state index in [2.05, 4.69) is 149 Å². The third-order valence-corrected chi connectivity index (χ3v) is 11.6. The van der Waals surface area contributed by atoms with E-state index in [0.717, 1.165) is 82.5 Å². The minimum atomic E-state index is 0.519. The van der Waals surface area contributed by atoms with Gasteiger partial charge in [0.1, 0.15) is 22.3 Å². The Bertz CT molecular complexity index is 3720. The average molecular weight is 744 g/mol. The fraction of sp³-hybridized carbons (Fsp3) is 0. The Balaban J connectivity index is 1.03. The minimum Gasteiger partial charge on any atom is -0.456 e. The molecule has 7 heteroatoms. The van der Waals surface area contributed by atoms with Gasteiger partial charge in [0.15, 0.2) is 11.6 Å². The van der Waals surface area contributed by atoms with Crippen molar-refractivity contribution in [2.75, 3.05) is 0 Å². The Morgan fingerprint density at radius 2 is 0.897 bits per heavy atom. The van der Waals surface area contributed by atoms with E-state index in [1.165, 1.54) is 21.8 Å². The van der Waals surface area contributed by atoms with Gasteiger partial charge in [-0.15, -0.1) is 0 Å². The van der Waals surface area contributed by atoms with E-state index >= 15 is 0 Å². The van der Waals surface area contributed by atoms with Gasteiger partial charge in [0.25, 0.3) is 0 Å². The predicted octanol–water partition coefficient (Wildman–Crippen LogP) is 13.2. The number of para-hydroxylation sites is 6. The lowest BCUT2D eigenvalue weighted by molar-refractivity contribution is 0.668. The zero-order chi connectivity index (χ0) is 37.9.